The van der Waals surface area contributed by atoms with Crippen LogP contribution in [0.3, 0.4) is 0 Å². The zero-order valence-corrected chi connectivity index (χ0v) is 13.9. The molecule has 3 rings (SSSR count). The maximum Gasteiger partial charge on any atom is 0.259 e. The highest BCUT2D eigenvalue weighted by Crippen LogP contribution is 2.16. The van der Waals surface area contributed by atoms with Crippen LogP contribution in [0.4, 0.5) is 5.69 Å². The number of amides is 2. The molecule has 0 saturated carbocycles. The number of benzene rings is 1. The molecule has 0 spiro atoms. The highest BCUT2D eigenvalue weighted by Gasteiger charge is 2.17. The number of nitrogens with zero attached hydrogens (tertiary/aromatic N) is 1. The largest absolute Gasteiger partial charge is 0.469 e. The molecule has 0 aliphatic carbocycles. The minimum absolute atomic E-state index is 0.182. The van der Waals surface area contributed by atoms with E-state index >= 15 is 0 Å². The SMILES string of the molecule is Cc1occc1C(=O)Nc1ccc(CCC(=O)N2CCCC2)cc1. The maximum atomic E-state index is 12.1. The first-order valence-corrected chi connectivity index (χ1v) is 8.35. The third-order valence-electron chi connectivity index (χ3n) is 4.40. The van der Waals surface area contributed by atoms with Gasteiger partial charge in [0.1, 0.15) is 5.76 Å². The molecule has 5 heteroatoms. The lowest BCUT2D eigenvalue weighted by molar-refractivity contribution is -0.130. The molecule has 0 unspecified atom stereocenters. The van der Waals surface area contributed by atoms with Gasteiger partial charge in [-0.25, -0.2) is 0 Å². The van der Waals surface area contributed by atoms with Gasteiger partial charge in [0.15, 0.2) is 0 Å². The number of aryl methyl sites for hydroxylation is 2. The van der Waals surface area contributed by atoms with Gasteiger partial charge in [-0.2, -0.15) is 0 Å². The molecule has 2 amide bonds. The molecule has 1 N–H and O–H groups in total. The highest BCUT2D eigenvalue weighted by molar-refractivity contribution is 6.04. The van der Waals surface area contributed by atoms with Crippen molar-refractivity contribution in [2.24, 2.45) is 0 Å². The number of rotatable bonds is 5. The van der Waals surface area contributed by atoms with E-state index in [1.807, 2.05) is 29.2 Å². The molecule has 1 aromatic heterocycles. The summed E-state index contributed by atoms with van der Waals surface area (Å²) in [7, 11) is 0. The average molecular weight is 326 g/mol. The third kappa shape index (κ3) is 3.85. The van der Waals surface area contributed by atoms with Gasteiger partial charge < -0.3 is 14.6 Å². The third-order valence-corrected chi connectivity index (χ3v) is 4.40. The zero-order valence-electron chi connectivity index (χ0n) is 13.9. The Morgan fingerprint density at radius 1 is 1.12 bits per heavy atom. The fourth-order valence-corrected chi connectivity index (χ4v) is 2.95. The minimum Gasteiger partial charge on any atom is -0.469 e. The van der Waals surface area contributed by atoms with E-state index in [-0.39, 0.29) is 11.8 Å². The summed E-state index contributed by atoms with van der Waals surface area (Å²) in [4.78, 5) is 26.1. The summed E-state index contributed by atoms with van der Waals surface area (Å²) < 4.78 is 5.14. The van der Waals surface area contributed by atoms with Crippen LogP contribution in [0.5, 0.6) is 0 Å². The molecule has 0 bridgehead atoms. The Labute approximate surface area is 141 Å². The zero-order chi connectivity index (χ0) is 16.9. The summed E-state index contributed by atoms with van der Waals surface area (Å²) in [5.41, 5.74) is 2.37. The maximum absolute atomic E-state index is 12.1. The Bertz CT molecular complexity index is 712. The summed E-state index contributed by atoms with van der Waals surface area (Å²) in [6.07, 6.45) is 5.02. The number of nitrogens with one attached hydrogen (secondary N) is 1. The minimum atomic E-state index is -0.182. The monoisotopic (exact) mass is 326 g/mol. The summed E-state index contributed by atoms with van der Waals surface area (Å²) >= 11 is 0. The summed E-state index contributed by atoms with van der Waals surface area (Å²) in [5, 5.41) is 2.85. The van der Waals surface area contributed by atoms with E-state index < -0.39 is 0 Å². The summed E-state index contributed by atoms with van der Waals surface area (Å²) in [6, 6.07) is 9.29. The number of hydrogen-bond donors (Lipinski definition) is 1. The standard InChI is InChI=1S/C19H22N2O3/c1-14-17(10-13-24-14)19(23)20-16-7-4-15(5-8-16)6-9-18(22)21-11-2-3-12-21/h4-5,7-8,10,13H,2-3,6,9,11-12H2,1H3,(H,20,23). The highest BCUT2D eigenvalue weighted by atomic mass is 16.3. The molecule has 1 aliphatic heterocycles. The second kappa shape index (κ2) is 7.34. The average Bonchev–Trinajstić information content (AvgIpc) is 3.25. The molecule has 2 heterocycles. The Morgan fingerprint density at radius 3 is 2.46 bits per heavy atom. The second-order valence-electron chi connectivity index (χ2n) is 6.13. The number of furan rings is 1. The number of carbonyl (C=O) groups excluding carboxylic acids is 2. The molecule has 0 radical (unpaired) electrons. The van der Waals surface area contributed by atoms with Crippen LogP contribution in [0.25, 0.3) is 0 Å². The quantitative estimate of drug-likeness (QED) is 0.916. The van der Waals surface area contributed by atoms with Crippen molar-refractivity contribution in [2.45, 2.75) is 32.6 Å². The van der Waals surface area contributed by atoms with E-state index in [1.54, 1.807) is 13.0 Å². The Kier molecular flexibility index (Phi) is 4.99. The first-order valence-electron chi connectivity index (χ1n) is 8.35. The van der Waals surface area contributed by atoms with Gasteiger partial charge in [-0.05, 0) is 49.9 Å². The van der Waals surface area contributed by atoms with Crippen LogP contribution in [-0.4, -0.2) is 29.8 Å². The lowest BCUT2D eigenvalue weighted by Crippen LogP contribution is -2.27. The van der Waals surface area contributed by atoms with Crippen LogP contribution in [0.15, 0.2) is 41.0 Å². The fourth-order valence-electron chi connectivity index (χ4n) is 2.95. The molecule has 1 aromatic carbocycles. The van der Waals surface area contributed by atoms with Crippen molar-refractivity contribution in [3.05, 3.63) is 53.5 Å². The molecule has 1 saturated heterocycles. The summed E-state index contributed by atoms with van der Waals surface area (Å²) in [6.45, 7) is 3.56. The molecule has 2 aromatic rings. The lowest BCUT2D eigenvalue weighted by atomic mass is 10.1. The van der Waals surface area contributed by atoms with Gasteiger partial charge in [-0.3, -0.25) is 9.59 Å². The van der Waals surface area contributed by atoms with Gasteiger partial charge in [0.25, 0.3) is 5.91 Å². The molecule has 24 heavy (non-hydrogen) atoms. The first-order chi connectivity index (χ1) is 11.6. The van der Waals surface area contributed by atoms with Crippen molar-refractivity contribution in [3.8, 4) is 0 Å². The number of likely N-dealkylation sites (tertiary alicyclic amines) is 1. The molecular formula is C19H22N2O3. The van der Waals surface area contributed by atoms with Crippen molar-refractivity contribution in [1.29, 1.82) is 0 Å². The lowest BCUT2D eigenvalue weighted by Gasteiger charge is -2.15. The predicted molar refractivity (Wildman–Crippen MR) is 92.0 cm³/mol. The summed E-state index contributed by atoms with van der Waals surface area (Å²) in [5.74, 6) is 0.656. The van der Waals surface area contributed by atoms with Gasteiger partial charge >= 0.3 is 0 Å². The van der Waals surface area contributed by atoms with Gasteiger partial charge in [-0.1, -0.05) is 12.1 Å². The normalized spacial score (nSPS) is 14.0. The molecule has 0 atom stereocenters. The van der Waals surface area contributed by atoms with Crippen molar-refractivity contribution < 1.29 is 14.0 Å². The van der Waals surface area contributed by atoms with Gasteiger partial charge in [0.2, 0.25) is 5.91 Å². The Morgan fingerprint density at radius 2 is 1.83 bits per heavy atom. The van der Waals surface area contributed by atoms with Crippen molar-refractivity contribution >= 4 is 17.5 Å². The number of anilines is 1. The van der Waals surface area contributed by atoms with E-state index in [4.69, 9.17) is 4.42 Å². The predicted octanol–water partition coefficient (Wildman–Crippen LogP) is 3.40. The van der Waals surface area contributed by atoms with Crippen molar-refractivity contribution in [3.63, 3.8) is 0 Å². The van der Waals surface area contributed by atoms with Crippen LogP contribution in [0, 0.1) is 6.92 Å². The molecule has 1 fully saturated rings. The van der Waals surface area contributed by atoms with Crippen LogP contribution >= 0.6 is 0 Å². The Balaban J connectivity index is 1.52. The van der Waals surface area contributed by atoms with E-state index in [2.05, 4.69) is 5.32 Å². The van der Waals surface area contributed by atoms with Crippen LogP contribution in [0.1, 0.15) is 40.9 Å². The first kappa shape index (κ1) is 16.3. The second-order valence-corrected chi connectivity index (χ2v) is 6.13. The van der Waals surface area contributed by atoms with E-state index in [0.29, 0.717) is 17.7 Å². The van der Waals surface area contributed by atoms with E-state index in [0.717, 1.165) is 43.6 Å². The topological polar surface area (TPSA) is 62.6 Å². The fraction of sp³-hybridized carbons (Fsp3) is 0.368. The Hall–Kier alpha value is -2.56. The van der Waals surface area contributed by atoms with E-state index in [9.17, 15) is 9.59 Å². The number of hydrogen-bond acceptors (Lipinski definition) is 3. The molecule has 126 valence electrons. The van der Waals surface area contributed by atoms with Gasteiger partial charge in [0, 0.05) is 25.2 Å². The number of carbonyl (C=O) groups is 2. The van der Waals surface area contributed by atoms with Crippen molar-refractivity contribution in [1.82, 2.24) is 4.90 Å². The smallest absolute Gasteiger partial charge is 0.259 e. The van der Waals surface area contributed by atoms with Gasteiger partial charge in [-0.15, -0.1) is 0 Å². The van der Waals surface area contributed by atoms with Crippen molar-refractivity contribution in [2.75, 3.05) is 18.4 Å². The van der Waals surface area contributed by atoms with Crippen LogP contribution in [0.2, 0.25) is 0 Å². The van der Waals surface area contributed by atoms with Gasteiger partial charge in [0.05, 0.1) is 11.8 Å². The van der Waals surface area contributed by atoms with Crippen LogP contribution < -0.4 is 5.32 Å². The molecule has 5 nitrogen and oxygen atoms in total. The molecule has 1 aliphatic rings. The van der Waals surface area contributed by atoms with E-state index in [1.165, 1.54) is 6.26 Å². The molecular weight excluding hydrogens is 304 g/mol. The van der Waals surface area contributed by atoms with Crippen LogP contribution in [-0.2, 0) is 11.2 Å².